The van der Waals surface area contributed by atoms with Gasteiger partial charge < -0.3 is 14.8 Å². The molecule has 0 saturated heterocycles. The topological polar surface area (TPSA) is 62.5 Å². The van der Waals surface area contributed by atoms with E-state index in [1.807, 2.05) is 56.3 Å². The fourth-order valence-corrected chi connectivity index (χ4v) is 3.65. The molecule has 0 saturated carbocycles. The van der Waals surface area contributed by atoms with Crippen LogP contribution in [0.2, 0.25) is 0 Å². The fourth-order valence-electron chi connectivity index (χ4n) is 3.65. The molecule has 0 aliphatic heterocycles. The highest BCUT2D eigenvalue weighted by molar-refractivity contribution is 5.83. The minimum absolute atomic E-state index is 0.106. The van der Waals surface area contributed by atoms with Gasteiger partial charge in [-0.15, -0.1) is 0 Å². The summed E-state index contributed by atoms with van der Waals surface area (Å²) in [6.07, 6.45) is 0. The lowest BCUT2D eigenvalue weighted by atomic mass is 10.00. The van der Waals surface area contributed by atoms with Gasteiger partial charge in [0.2, 0.25) is 0 Å². The van der Waals surface area contributed by atoms with Crippen molar-refractivity contribution in [3.8, 4) is 11.3 Å². The molecule has 4 nitrogen and oxygen atoms in total. The van der Waals surface area contributed by atoms with E-state index in [1.54, 1.807) is 6.07 Å². The molecule has 0 spiro atoms. The molecule has 4 aromatic rings. The summed E-state index contributed by atoms with van der Waals surface area (Å²) in [7, 11) is 0. The zero-order valence-corrected chi connectivity index (χ0v) is 16.8. The first-order valence-electron chi connectivity index (χ1n) is 9.76. The molecular weight excluding hydrogens is 381 g/mol. The van der Waals surface area contributed by atoms with Crippen LogP contribution in [0.4, 0.5) is 10.1 Å². The Morgan fingerprint density at radius 1 is 1.07 bits per heavy atom. The van der Waals surface area contributed by atoms with Gasteiger partial charge in [0.05, 0.1) is 18.0 Å². The molecule has 3 aromatic carbocycles. The van der Waals surface area contributed by atoms with Crippen LogP contribution in [-0.2, 0) is 6.61 Å². The van der Waals surface area contributed by atoms with Crippen molar-refractivity contribution in [1.82, 2.24) is 0 Å². The van der Waals surface area contributed by atoms with Gasteiger partial charge in [-0.2, -0.15) is 0 Å². The second-order valence-electron chi connectivity index (χ2n) is 7.40. The van der Waals surface area contributed by atoms with E-state index in [9.17, 15) is 14.3 Å². The van der Waals surface area contributed by atoms with Crippen LogP contribution in [0.5, 0.6) is 0 Å². The maximum atomic E-state index is 13.5. The van der Waals surface area contributed by atoms with Gasteiger partial charge in [0.15, 0.2) is 5.43 Å². The molecule has 2 N–H and O–H groups in total. The first kappa shape index (κ1) is 19.9. The molecule has 4 rings (SSSR count). The van der Waals surface area contributed by atoms with E-state index in [4.69, 9.17) is 4.42 Å². The Bertz CT molecular complexity index is 1260. The molecule has 152 valence electrons. The van der Waals surface area contributed by atoms with E-state index in [0.29, 0.717) is 28.0 Å². The molecule has 0 radical (unpaired) electrons. The number of rotatable bonds is 5. The monoisotopic (exact) mass is 403 g/mol. The molecule has 0 amide bonds. The molecule has 0 aliphatic rings. The number of nitrogens with one attached hydrogen (secondary N) is 1. The van der Waals surface area contributed by atoms with Crippen molar-refractivity contribution >= 4 is 16.7 Å². The first-order valence-corrected chi connectivity index (χ1v) is 9.76. The smallest absolute Gasteiger partial charge is 0.193 e. The molecule has 0 bridgehead atoms. The standard InChI is InChI=1S/C25H22FNO3/c1-15-10-20(16(2)27-22-9-8-19(26)12-18(22)14-28)25-21(11-15)23(29)13-24(30-25)17-6-4-3-5-7-17/h3-13,16,27-28H,14H2,1-2H3/t16-/m1/s1. The van der Waals surface area contributed by atoms with Crippen LogP contribution in [0.1, 0.15) is 29.7 Å². The van der Waals surface area contributed by atoms with Crippen molar-refractivity contribution in [3.05, 3.63) is 99.5 Å². The lowest BCUT2D eigenvalue weighted by Gasteiger charge is -2.20. The van der Waals surface area contributed by atoms with E-state index in [0.717, 1.165) is 16.7 Å². The third-order valence-corrected chi connectivity index (χ3v) is 5.14. The van der Waals surface area contributed by atoms with Crippen LogP contribution in [0, 0.1) is 12.7 Å². The van der Waals surface area contributed by atoms with Crippen LogP contribution >= 0.6 is 0 Å². The number of aryl methyl sites for hydroxylation is 1. The largest absolute Gasteiger partial charge is 0.455 e. The highest BCUT2D eigenvalue weighted by Gasteiger charge is 2.17. The fraction of sp³-hybridized carbons (Fsp3) is 0.160. The maximum Gasteiger partial charge on any atom is 0.193 e. The van der Waals surface area contributed by atoms with Crippen LogP contribution < -0.4 is 10.7 Å². The average molecular weight is 403 g/mol. The molecule has 1 atom stereocenters. The summed E-state index contributed by atoms with van der Waals surface area (Å²) in [6.45, 7) is 3.58. The van der Waals surface area contributed by atoms with Crippen molar-refractivity contribution in [2.45, 2.75) is 26.5 Å². The second-order valence-corrected chi connectivity index (χ2v) is 7.40. The third kappa shape index (κ3) is 3.84. The summed E-state index contributed by atoms with van der Waals surface area (Å²) in [5.74, 6) is 0.0972. The molecule has 0 aliphatic carbocycles. The Morgan fingerprint density at radius 2 is 1.83 bits per heavy atom. The van der Waals surface area contributed by atoms with Crippen LogP contribution in [0.25, 0.3) is 22.3 Å². The molecule has 0 fully saturated rings. The van der Waals surface area contributed by atoms with Gasteiger partial charge >= 0.3 is 0 Å². The maximum absolute atomic E-state index is 13.5. The quantitative estimate of drug-likeness (QED) is 0.457. The van der Waals surface area contributed by atoms with E-state index in [2.05, 4.69) is 5.32 Å². The van der Waals surface area contributed by atoms with Gasteiger partial charge in [-0.25, -0.2) is 4.39 Å². The predicted molar refractivity (Wildman–Crippen MR) is 117 cm³/mol. The number of hydrogen-bond donors (Lipinski definition) is 2. The zero-order chi connectivity index (χ0) is 21.3. The summed E-state index contributed by atoms with van der Waals surface area (Å²) >= 11 is 0. The van der Waals surface area contributed by atoms with Gasteiger partial charge in [0.25, 0.3) is 0 Å². The number of aliphatic hydroxyl groups excluding tert-OH is 1. The number of aliphatic hydroxyl groups is 1. The Morgan fingerprint density at radius 3 is 2.57 bits per heavy atom. The summed E-state index contributed by atoms with van der Waals surface area (Å²) < 4.78 is 19.7. The van der Waals surface area contributed by atoms with Gasteiger partial charge in [-0.1, -0.05) is 36.4 Å². The molecular formula is C25H22FNO3. The van der Waals surface area contributed by atoms with Gasteiger partial charge in [0.1, 0.15) is 17.2 Å². The number of halogens is 1. The average Bonchev–Trinajstić information content (AvgIpc) is 2.75. The molecule has 1 heterocycles. The first-order chi connectivity index (χ1) is 14.5. The Labute approximate surface area is 173 Å². The van der Waals surface area contributed by atoms with Gasteiger partial charge in [-0.05, 0) is 43.7 Å². The number of anilines is 1. The Hall–Kier alpha value is -3.44. The number of fused-ring (bicyclic) bond motifs is 1. The predicted octanol–water partition coefficient (Wildman–Crippen LogP) is 5.57. The third-order valence-electron chi connectivity index (χ3n) is 5.14. The summed E-state index contributed by atoms with van der Waals surface area (Å²) in [4.78, 5) is 12.8. The van der Waals surface area contributed by atoms with E-state index in [1.165, 1.54) is 18.2 Å². The number of hydrogen-bond acceptors (Lipinski definition) is 4. The molecule has 1 aromatic heterocycles. The van der Waals surface area contributed by atoms with Crippen LogP contribution in [0.3, 0.4) is 0 Å². The van der Waals surface area contributed by atoms with Crippen molar-refractivity contribution < 1.29 is 13.9 Å². The molecule has 30 heavy (non-hydrogen) atoms. The highest BCUT2D eigenvalue weighted by Crippen LogP contribution is 2.31. The van der Waals surface area contributed by atoms with E-state index < -0.39 is 5.82 Å². The van der Waals surface area contributed by atoms with Crippen molar-refractivity contribution in [2.75, 3.05) is 5.32 Å². The second kappa shape index (κ2) is 8.13. The minimum Gasteiger partial charge on any atom is -0.455 e. The SMILES string of the molecule is Cc1cc([C@@H](C)Nc2ccc(F)cc2CO)c2oc(-c3ccccc3)cc(=O)c2c1. The van der Waals surface area contributed by atoms with Gasteiger partial charge in [-0.3, -0.25) is 4.79 Å². The zero-order valence-electron chi connectivity index (χ0n) is 16.8. The Balaban J connectivity index is 1.83. The molecule has 0 unspecified atom stereocenters. The van der Waals surface area contributed by atoms with Crippen LogP contribution in [-0.4, -0.2) is 5.11 Å². The summed E-state index contributed by atoms with van der Waals surface area (Å²) in [5, 5.41) is 13.4. The van der Waals surface area contributed by atoms with Crippen molar-refractivity contribution in [2.24, 2.45) is 0 Å². The van der Waals surface area contributed by atoms with E-state index in [-0.39, 0.29) is 18.1 Å². The lowest BCUT2D eigenvalue weighted by molar-refractivity contribution is 0.282. The van der Waals surface area contributed by atoms with Crippen molar-refractivity contribution in [3.63, 3.8) is 0 Å². The van der Waals surface area contributed by atoms with Crippen molar-refractivity contribution in [1.29, 1.82) is 0 Å². The normalized spacial score (nSPS) is 12.1. The minimum atomic E-state index is -0.406. The van der Waals surface area contributed by atoms with Gasteiger partial charge in [0, 0.05) is 28.4 Å². The lowest BCUT2D eigenvalue weighted by Crippen LogP contribution is -2.11. The molecule has 5 heteroatoms. The highest BCUT2D eigenvalue weighted by atomic mass is 19.1. The summed E-state index contributed by atoms with van der Waals surface area (Å²) in [5.41, 5.74) is 4.07. The number of benzene rings is 3. The van der Waals surface area contributed by atoms with Crippen LogP contribution in [0.15, 0.2) is 75.9 Å². The van der Waals surface area contributed by atoms with E-state index >= 15 is 0 Å². The Kier molecular flexibility index (Phi) is 5.38. The summed E-state index contributed by atoms with van der Waals surface area (Å²) in [6, 6.07) is 18.8.